The molecule has 0 atom stereocenters. The summed E-state index contributed by atoms with van der Waals surface area (Å²) in [7, 11) is 1.88. The van der Waals surface area contributed by atoms with E-state index < -0.39 is 0 Å². The maximum atomic E-state index is 12.2. The van der Waals surface area contributed by atoms with Crippen molar-refractivity contribution in [2.45, 2.75) is 45.6 Å². The number of fused-ring (bicyclic) bond motifs is 1. The maximum absolute atomic E-state index is 12.2. The Morgan fingerprint density at radius 2 is 2.12 bits per heavy atom. The van der Waals surface area contributed by atoms with Crippen LogP contribution < -0.4 is 10.2 Å². The fourth-order valence-corrected chi connectivity index (χ4v) is 2.91. The second-order valence-electron chi connectivity index (χ2n) is 7.14. The van der Waals surface area contributed by atoms with Gasteiger partial charge in [-0.15, -0.1) is 0 Å². The van der Waals surface area contributed by atoms with Crippen molar-refractivity contribution < 1.29 is 9.21 Å². The molecule has 0 fully saturated rings. The highest BCUT2D eigenvalue weighted by Gasteiger charge is 2.24. The van der Waals surface area contributed by atoms with Crippen molar-refractivity contribution in [2.24, 2.45) is 0 Å². The van der Waals surface area contributed by atoms with E-state index in [1.165, 1.54) is 6.26 Å². The molecule has 0 radical (unpaired) electrons. The molecule has 7 nitrogen and oxygen atoms in total. The topological polar surface area (TPSA) is 84.2 Å². The van der Waals surface area contributed by atoms with Crippen LogP contribution in [0.3, 0.4) is 0 Å². The lowest BCUT2D eigenvalue weighted by molar-refractivity contribution is -0.121. The molecule has 0 saturated carbocycles. The summed E-state index contributed by atoms with van der Waals surface area (Å²) in [6, 6.07) is 0. The number of carbonyl (C=O) groups excluding carboxylic acids is 1. The first-order chi connectivity index (χ1) is 11.3. The Morgan fingerprint density at radius 1 is 1.33 bits per heavy atom. The number of likely N-dealkylation sites (N-methyl/N-ethyl adjacent to an activating group) is 1. The lowest BCUT2D eigenvalue weighted by Crippen LogP contribution is -2.45. The zero-order valence-corrected chi connectivity index (χ0v) is 14.6. The van der Waals surface area contributed by atoms with Crippen LogP contribution in [-0.2, 0) is 17.6 Å². The number of aryl methyl sites for hydroxylation is 1. The molecule has 1 amide bonds. The van der Waals surface area contributed by atoms with Gasteiger partial charge in [0.05, 0.1) is 12.7 Å². The highest BCUT2D eigenvalue weighted by Crippen LogP contribution is 2.30. The first-order valence-corrected chi connectivity index (χ1v) is 8.15. The van der Waals surface area contributed by atoms with Crippen LogP contribution in [0.25, 0.3) is 11.7 Å². The van der Waals surface area contributed by atoms with Gasteiger partial charge in [-0.1, -0.05) is 0 Å². The van der Waals surface area contributed by atoms with E-state index in [0.29, 0.717) is 11.7 Å². The first kappa shape index (κ1) is 16.4. The smallest absolute Gasteiger partial charge is 0.264 e. The third-order valence-electron chi connectivity index (χ3n) is 3.79. The lowest BCUT2D eigenvalue weighted by atomic mass is 10.1. The number of aromatic nitrogens is 3. The van der Waals surface area contributed by atoms with E-state index in [2.05, 4.69) is 20.3 Å². The number of nitrogens with zero attached hydrogens (tertiary/aromatic N) is 4. The summed E-state index contributed by atoms with van der Waals surface area (Å²) in [5, 5.41) is 2.97. The van der Waals surface area contributed by atoms with Gasteiger partial charge in [0.25, 0.3) is 5.89 Å². The van der Waals surface area contributed by atoms with Gasteiger partial charge >= 0.3 is 0 Å². The number of anilines is 1. The van der Waals surface area contributed by atoms with E-state index in [9.17, 15) is 4.79 Å². The predicted octanol–water partition coefficient (Wildman–Crippen LogP) is 1.97. The van der Waals surface area contributed by atoms with Crippen molar-refractivity contribution in [2.75, 3.05) is 18.5 Å². The Labute approximate surface area is 141 Å². The zero-order valence-electron chi connectivity index (χ0n) is 14.6. The molecule has 1 aliphatic rings. The standard InChI is InChI=1S/C17H23N5O2/c1-17(2,3)21-13(23)10-22(4)15-11-6-5-7-12(11)19-14(20-15)16-18-8-9-24-16/h8-9H,5-7,10H2,1-4H3,(H,21,23). The minimum absolute atomic E-state index is 0.0342. The molecule has 128 valence electrons. The molecule has 0 unspecified atom stereocenters. The van der Waals surface area contributed by atoms with Crippen LogP contribution >= 0.6 is 0 Å². The van der Waals surface area contributed by atoms with Crippen LogP contribution in [0.2, 0.25) is 0 Å². The largest absolute Gasteiger partial charge is 0.442 e. The van der Waals surface area contributed by atoms with Gasteiger partial charge in [-0.2, -0.15) is 0 Å². The molecule has 0 saturated heterocycles. The zero-order chi connectivity index (χ0) is 17.3. The van der Waals surface area contributed by atoms with Crippen molar-refractivity contribution in [1.29, 1.82) is 0 Å². The van der Waals surface area contributed by atoms with Crippen molar-refractivity contribution >= 4 is 11.7 Å². The SMILES string of the molecule is CN(CC(=O)NC(C)(C)C)c1nc(-c2ncco2)nc2c1CCC2. The number of hydrogen-bond acceptors (Lipinski definition) is 6. The van der Waals surface area contributed by atoms with E-state index in [0.717, 1.165) is 36.3 Å². The Balaban J connectivity index is 1.88. The van der Waals surface area contributed by atoms with E-state index in [-0.39, 0.29) is 18.0 Å². The van der Waals surface area contributed by atoms with Crippen molar-refractivity contribution in [1.82, 2.24) is 20.3 Å². The summed E-state index contributed by atoms with van der Waals surface area (Å²) in [4.78, 5) is 27.4. The second-order valence-corrected chi connectivity index (χ2v) is 7.14. The molecule has 3 rings (SSSR count). The molecule has 24 heavy (non-hydrogen) atoms. The number of amides is 1. The normalized spacial score (nSPS) is 13.7. The Morgan fingerprint density at radius 3 is 2.79 bits per heavy atom. The number of nitrogens with one attached hydrogen (secondary N) is 1. The van der Waals surface area contributed by atoms with Crippen LogP contribution in [0.1, 0.15) is 38.4 Å². The summed E-state index contributed by atoms with van der Waals surface area (Å²) in [5.74, 6) is 1.63. The minimum Gasteiger partial charge on any atom is -0.442 e. The number of carbonyl (C=O) groups is 1. The molecule has 1 N–H and O–H groups in total. The summed E-state index contributed by atoms with van der Waals surface area (Å²) in [6.45, 7) is 6.14. The minimum atomic E-state index is -0.255. The monoisotopic (exact) mass is 329 g/mol. The molecule has 0 bridgehead atoms. The summed E-state index contributed by atoms with van der Waals surface area (Å²) < 4.78 is 5.33. The molecule has 1 aliphatic carbocycles. The van der Waals surface area contributed by atoms with Gasteiger partial charge in [0.1, 0.15) is 12.1 Å². The van der Waals surface area contributed by atoms with E-state index in [1.54, 1.807) is 6.20 Å². The average molecular weight is 329 g/mol. The molecule has 0 spiro atoms. The molecule has 7 heteroatoms. The maximum Gasteiger partial charge on any atom is 0.264 e. The molecule has 2 heterocycles. The molecule has 2 aromatic heterocycles. The van der Waals surface area contributed by atoms with Crippen LogP contribution in [0.15, 0.2) is 16.9 Å². The van der Waals surface area contributed by atoms with Crippen LogP contribution in [-0.4, -0.2) is 40.0 Å². The van der Waals surface area contributed by atoms with Crippen LogP contribution in [0.4, 0.5) is 5.82 Å². The molecular formula is C17H23N5O2. The van der Waals surface area contributed by atoms with Crippen molar-refractivity contribution in [3.63, 3.8) is 0 Å². The Bertz CT molecular complexity index is 734. The third kappa shape index (κ3) is 3.55. The second kappa shape index (κ2) is 6.22. The van der Waals surface area contributed by atoms with E-state index >= 15 is 0 Å². The average Bonchev–Trinajstić information content (AvgIpc) is 3.15. The first-order valence-electron chi connectivity index (χ1n) is 8.15. The van der Waals surface area contributed by atoms with Gasteiger partial charge in [-0.3, -0.25) is 4.79 Å². The predicted molar refractivity (Wildman–Crippen MR) is 90.7 cm³/mol. The van der Waals surface area contributed by atoms with Crippen molar-refractivity contribution in [3.05, 3.63) is 23.7 Å². The van der Waals surface area contributed by atoms with Gasteiger partial charge in [-0.05, 0) is 40.0 Å². The number of hydrogen-bond donors (Lipinski definition) is 1. The molecule has 0 aliphatic heterocycles. The van der Waals surface area contributed by atoms with Gasteiger partial charge in [-0.25, -0.2) is 15.0 Å². The quantitative estimate of drug-likeness (QED) is 0.923. The summed E-state index contributed by atoms with van der Waals surface area (Å²) >= 11 is 0. The van der Waals surface area contributed by atoms with Gasteiger partial charge in [0.15, 0.2) is 0 Å². The highest BCUT2D eigenvalue weighted by atomic mass is 16.3. The highest BCUT2D eigenvalue weighted by molar-refractivity contribution is 5.82. The van der Waals surface area contributed by atoms with Gasteiger partial charge in [0, 0.05) is 23.8 Å². The van der Waals surface area contributed by atoms with Crippen molar-refractivity contribution in [3.8, 4) is 11.7 Å². The molecule has 0 aromatic carbocycles. The summed E-state index contributed by atoms with van der Waals surface area (Å²) in [6.07, 6.45) is 5.98. The van der Waals surface area contributed by atoms with E-state index in [4.69, 9.17) is 4.42 Å². The summed E-state index contributed by atoms with van der Waals surface area (Å²) in [5.41, 5.74) is 1.89. The van der Waals surface area contributed by atoms with Gasteiger partial charge in [0.2, 0.25) is 11.7 Å². The number of oxazole rings is 1. The lowest BCUT2D eigenvalue weighted by Gasteiger charge is -2.25. The molecular weight excluding hydrogens is 306 g/mol. The van der Waals surface area contributed by atoms with Gasteiger partial charge < -0.3 is 14.6 Å². The van der Waals surface area contributed by atoms with Crippen LogP contribution in [0.5, 0.6) is 0 Å². The van der Waals surface area contributed by atoms with Crippen LogP contribution in [0, 0.1) is 0 Å². The fraction of sp³-hybridized carbons (Fsp3) is 0.529. The Hall–Kier alpha value is -2.44. The Kier molecular flexibility index (Phi) is 4.26. The number of rotatable bonds is 4. The third-order valence-corrected chi connectivity index (χ3v) is 3.79. The fourth-order valence-electron chi connectivity index (χ4n) is 2.91. The molecule has 2 aromatic rings. The van der Waals surface area contributed by atoms with E-state index in [1.807, 2.05) is 32.7 Å².